The van der Waals surface area contributed by atoms with Gasteiger partial charge in [-0.15, -0.1) is 0 Å². The van der Waals surface area contributed by atoms with E-state index < -0.39 is 0 Å². The van der Waals surface area contributed by atoms with Crippen LogP contribution in [0.5, 0.6) is 0 Å². The predicted octanol–water partition coefficient (Wildman–Crippen LogP) is 4.26. The monoisotopic (exact) mass is 437 g/mol. The Morgan fingerprint density at radius 1 is 0.903 bits per heavy atom. The molecule has 1 heterocycles. The van der Waals surface area contributed by atoms with Crippen LogP contribution in [0.1, 0.15) is 32.2 Å². The Balaban J connectivity index is 1.42. The number of hydrogen-bond acceptors (Lipinski definition) is 5. The third-order valence-corrected chi connectivity index (χ3v) is 5.37. The van der Waals surface area contributed by atoms with Gasteiger partial charge >= 0.3 is 0 Å². The number of carbonyl (C=O) groups is 2. The summed E-state index contributed by atoms with van der Waals surface area (Å²) < 4.78 is 5.78. The molecule has 0 saturated carbocycles. The fraction of sp³-hybridized carbons (Fsp3) is 0.250. The Labute approximate surface area is 187 Å². The fourth-order valence-corrected chi connectivity index (χ4v) is 3.69. The highest BCUT2D eigenvalue weighted by Crippen LogP contribution is 2.16. The SMILES string of the molecule is CN(C)Cc1ccc(CSCCNC(=O)c2cccc(NC(=O)c3ccccc3)c2)o1. The van der Waals surface area contributed by atoms with Gasteiger partial charge in [0.2, 0.25) is 0 Å². The zero-order valence-corrected chi connectivity index (χ0v) is 18.6. The Kier molecular flexibility index (Phi) is 8.32. The highest BCUT2D eigenvalue weighted by molar-refractivity contribution is 7.98. The van der Waals surface area contributed by atoms with E-state index >= 15 is 0 Å². The molecule has 31 heavy (non-hydrogen) atoms. The molecule has 3 rings (SSSR count). The van der Waals surface area contributed by atoms with Gasteiger partial charge in [-0.05, 0) is 56.6 Å². The molecule has 2 aromatic carbocycles. The van der Waals surface area contributed by atoms with E-state index in [0.29, 0.717) is 23.4 Å². The lowest BCUT2D eigenvalue weighted by Crippen LogP contribution is -2.25. The normalized spacial score (nSPS) is 10.8. The zero-order valence-electron chi connectivity index (χ0n) is 17.8. The molecule has 2 N–H and O–H groups in total. The summed E-state index contributed by atoms with van der Waals surface area (Å²) >= 11 is 1.71. The summed E-state index contributed by atoms with van der Waals surface area (Å²) in [4.78, 5) is 26.8. The largest absolute Gasteiger partial charge is 0.464 e. The lowest BCUT2D eigenvalue weighted by molar-refractivity contribution is 0.0954. The Hall–Kier alpha value is -3.03. The Bertz CT molecular complexity index is 1000. The van der Waals surface area contributed by atoms with Crippen LogP contribution in [0.15, 0.2) is 71.1 Å². The number of hydrogen-bond donors (Lipinski definition) is 2. The molecule has 0 spiro atoms. The Morgan fingerprint density at radius 2 is 1.65 bits per heavy atom. The van der Waals surface area contributed by atoms with E-state index in [1.807, 2.05) is 44.4 Å². The molecule has 0 atom stereocenters. The highest BCUT2D eigenvalue weighted by Gasteiger charge is 2.09. The van der Waals surface area contributed by atoms with Crippen molar-refractivity contribution in [1.29, 1.82) is 0 Å². The second-order valence-electron chi connectivity index (χ2n) is 7.32. The highest BCUT2D eigenvalue weighted by atomic mass is 32.2. The molecule has 0 aliphatic heterocycles. The number of nitrogens with one attached hydrogen (secondary N) is 2. The molecule has 0 aliphatic rings. The fourth-order valence-electron chi connectivity index (χ4n) is 2.94. The van der Waals surface area contributed by atoms with Crippen molar-refractivity contribution in [3.63, 3.8) is 0 Å². The third-order valence-electron chi connectivity index (χ3n) is 4.38. The molecular weight excluding hydrogens is 410 g/mol. The number of rotatable bonds is 10. The van der Waals surface area contributed by atoms with Gasteiger partial charge in [0.25, 0.3) is 11.8 Å². The van der Waals surface area contributed by atoms with E-state index in [0.717, 1.165) is 29.6 Å². The van der Waals surface area contributed by atoms with Crippen LogP contribution in [-0.4, -0.2) is 43.1 Å². The van der Waals surface area contributed by atoms with E-state index in [2.05, 4.69) is 15.5 Å². The van der Waals surface area contributed by atoms with Crippen molar-refractivity contribution in [3.8, 4) is 0 Å². The smallest absolute Gasteiger partial charge is 0.255 e. The van der Waals surface area contributed by atoms with Gasteiger partial charge in [0.15, 0.2) is 0 Å². The van der Waals surface area contributed by atoms with Crippen molar-refractivity contribution in [3.05, 3.63) is 89.4 Å². The number of nitrogens with zero attached hydrogens (tertiary/aromatic N) is 1. The first-order chi connectivity index (χ1) is 15.0. The second kappa shape index (κ2) is 11.4. The molecule has 7 heteroatoms. The number of thioether (sulfide) groups is 1. The molecule has 0 bridgehead atoms. The van der Waals surface area contributed by atoms with E-state index in [1.54, 1.807) is 48.2 Å². The molecule has 0 radical (unpaired) electrons. The molecule has 0 saturated heterocycles. The summed E-state index contributed by atoms with van der Waals surface area (Å²) in [7, 11) is 4.01. The summed E-state index contributed by atoms with van der Waals surface area (Å²) in [6.45, 7) is 1.33. The van der Waals surface area contributed by atoms with Gasteiger partial charge < -0.3 is 20.0 Å². The number of benzene rings is 2. The van der Waals surface area contributed by atoms with Gasteiger partial charge in [0.1, 0.15) is 11.5 Å². The summed E-state index contributed by atoms with van der Waals surface area (Å²) in [5, 5.41) is 5.74. The molecule has 0 fully saturated rings. The first-order valence-corrected chi connectivity index (χ1v) is 11.2. The van der Waals surface area contributed by atoms with Crippen molar-refractivity contribution >= 4 is 29.3 Å². The maximum Gasteiger partial charge on any atom is 0.255 e. The van der Waals surface area contributed by atoms with Crippen molar-refractivity contribution in [2.75, 3.05) is 31.7 Å². The number of anilines is 1. The molecule has 3 aromatic rings. The van der Waals surface area contributed by atoms with Crippen LogP contribution in [0.25, 0.3) is 0 Å². The van der Waals surface area contributed by atoms with Gasteiger partial charge in [-0.3, -0.25) is 9.59 Å². The van der Waals surface area contributed by atoms with Crippen LogP contribution in [-0.2, 0) is 12.3 Å². The van der Waals surface area contributed by atoms with Gasteiger partial charge in [0.05, 0.1) is 12.3 Å². The third kappa shape index (κ3) is 7.31. The summed E-state index contributed by atoms with van der Waals surface area (Å²) in [5.74, 6) is 3.07. The maximum absolute atomic E-state index is 12.4. The van der Waals surface area contributed by atoms with Crippen LogP contribution in [0.4, 0.5) is 5.69 Å². The Morgan fingerprint density at radius 3 is 2.42 bits per heavy atom. The minimum atomic E-state index is -0.207. The van der Waals surface area contributed by atoms with E-state index in [4.69, 9.17) is 4.42 Å². The van der Waals surface area contributed by atoms with E-state index in [9.17, 15) is 9.59 Å². The standard InChI is InChI=1S/C24H27N3O3S/c1-27(2)16-21-11-12-22(30-21)17-31-14-13-25-23(28)19-9-6-10-20(15-19)26-24(29)18-7-4-3-5-8-18/h3-12,15H,13-14,16-17H2,1-2H3,(H,25,28)(H,26,29). The average molecular weight is 438 g/mol. The van der Waals surface area contributed by atoms with Gasteiger partial charge in [-0.1, -0.05) is 24.3 Å². The van der Waals surface area contributed by atoms with E-state index in [1.165, 1.54) is 0 Å². The summed E-state index contributed by atoms with van der Waals surface area (Å²) in [6.07, 6.45) is 0. The molecule has 1 aromatic heterocycles. The average Bonchev–Trinajstić information content (AvgIpc) is 3.20. The van der Waals surface area contributed by atoms with Gasteiger partial charge in [-0.25, -0.2) is 0 Å². The molecule has 0 unspecified atom stereocenters. The number of furan rings is 1. The van der Waals surface area contributed by atoms with Crippen LogP contribution in [0.2, 0.25) is 0 Å². The maximum atomic E-state index is 12.4. The predicted molar refractivity (Wildman–Crippen MR) is 125 cm³/mol. The second-order valence-corrected chi connectivity index (χ2v) is 8.42. The van der Waals surface area contributed by atoms with Crippen LogP contribution in [0, 0.1) is 0 Å². The molecule has 0 aliphatic carbocycles. The van der Waals surface area contributed by atoms with Crippen LogP contribution < -0.4 is 10.6 Å². The topological polar surface area (TPSA) is 74.6 Å². The number of carbonyl (C=O) groups excluding carboxylic acids is 2. The van der Waals surface area contributed by atoms with Gasteiger partial charge in [0, 0.05) is 29.1 Å². The van der Waals surface area contributed by atoms with Crippen LogP contribution in [0.3, 0.4) is 0 Å². The molecular formula is C24H27N3O3S. The molecule has 6 nitrogen and oxygen atoms in total. The van der Waals surface area contributed by atoms with Crippen molar-refractivity contribution in [2.45, 2.75) is 12.3 Å². The first kappa shape index (κ1) is 22.7. The molecule has 2 amide bonds. The van der Waals surface area contributed by atoms with Crippen LogP contribution >= 0.6 is 11.8 Å². The summed E-state index contributed by atoms with van der Waals surface area (Å²) in [5.41, 5.74) is 1.66. The molecule has 162 valence electrons. The minimum Gasteiger partial charge on any atom is -0.464 e. The minimum absolute atomic E-state index is 0.164. The van der Waals surface area contributed by atoms with E-state index in [-0.39, 0.29) is 11.8 Å². The lowest BCUT2D eigenvalue weighted by Gasteiger charge is -2.08. The zero-order chi connectivity index (χ0) is 22.1. The summed E-state index contributed by atoms with van der Waals surface area (Å²) in [6, 6.07) is 19.9. The van der Waals surface area contributed by atoms with Gasteiger partial charge in [-0.2, -0.15) is 11.8 Å². The quantitative estimate of drug-likeness (QED) is 0.464. The van der Waals surface area contributed by atoms with Crippen molar-refractivity contribution in [2.24, 2.45) is 0 Å². The number of amides is 2. The van der Waals surface area contributed by atoms with Crippen molar-refractivity contribution < 1.29 is 14.0 Å². The van der Waals surface area contributed by atoms with Crippen molar-refractivity contribution in [1.82, 2.24) is 10.2 Å². The first-order valence-electron chi connectivity index (χ1n) is 10.1. The lowest BCUT2D eigenvalue weighted by atomic mass is 10.1.